The SMILES string of the molecule is Cn1cc(NC(=O)CC2CNc3ccccc32)ccc1=O. The highest BCUT2D eigenvalue weighted by atomic mass is 16.1. The van der Waals surface area contributed by atoms with Crippen molar-refractivity contribution in [3.05, 3.63) is 58.5 Å². The number of aryl methyl sites for hydroxylation is 1. The van der Waals surface area contributed by atoms with Crippen LogP contribution in [0.4, 0.5) is 11.4 Å². The van der Waals surface area contributed by atoms with Crippen LogP contribution in [-0.4, -0.2) is 17.0 Å². The van der Waals surface area contributed by atoms with Gasteiger partial charge in [0.2, 0.25) is 11.5 Å². The lowest BCUT2D eigenvalue weighted by atomic mass is 9.97. The first-order valence-corrected chi connectivity index (χ1v) is 6.93. The van der Waals surface area contributed by atoms with E-state index in [4.69, 9.17) is 0 Å². The van der Waals surface area contributed by atoms with Crippen molar-refractivity contribution in [3.8, 4) is 0 Å². The summed E-state index contributed by atoms with van der Waals surface area (Å²) in [4.78, 5) is 23.5. The monoisotopic (exact) mass is 283 g/mol. The maximum absolute atomic E-state index is 12.1. The molecule has 2 heterocycles. The fraction of sp³-hybridized carbons (Fsp3) is 0.250. The molecule has 1 aliphatic heterocycles. The summed E-state index contributed by atoms with van der Waals surface area (Å²) >= 11 is 0. The minimum absolute atomic E-state index is 0.0443. The standard InChI is InChI=1S/C16H17N3O2/c1-19-10-12(6-7-16(19)21)18-15(20)8-11-9-17-14-5-3-2-4-13(11)14/h2-7,10-11,17H,8-9H2,1H3,(H,18,20). The number of hydrogen-bond acceptors (Lipinski definition) is 3. The highest BCUT2D eigenvalue weighted by Gasteiger charge is 2.23. The van der Waals surface area contributed by atoms with Crippen LogP contribution < -0.4 is 16.2 Å². The fourth-order valence-corrected chi connectivity index (χ4v) is 2.64. The average molecular weight is 283 g/mol. The summed E-state index contributed by atoms with van der Waals surface area (Å²) in [6, 6.07) is 11.1. The van der Waals surface area contributed by atoms with E-state index in [1.54, 1.807) is 19.3 Å². The summed E-state index contributed by atoms with van der Waals surface area (Å²) < 4.78 is 1.45. The van der Waals surface area contributed by atoms with Gasteiger partial charge in [0.1, 0.15) is 0 Å². The van der Waals surface area contributed by atoms with Crippen LogP contribution in [0.3, 0.4) is 0 Å². The first kappa shape index (κ1) is 13.4. The Balaban J connectivity index is 1.67. The van der Waals surface area contributed by atoms with Crippen molar-refractivity contribution in [2.75, 3.05) is 17.2 Å². The van der Waals surface area contributed by atoms with Gasteiger partial charge in [-0.15, -0.1) is 0 Å². The number of hydrogen-bond donors (Lipinski definition) is 2. The van der Waals surface area contributed by atoms with E-state index in [0.717, 1.165) is 12.2 Å². The first-order chi connectivity index (χ1) is 10.1. The molecule has 1 aliphatic rings. The first-order valence-electron chi connectivity index (χ1n) is 6.93. The molecule has 0 saturated heterocycles. The molecule has 1 aromatic carbocycles. The number of rotatable bonds is 3. The van der Waals surface area contributed by atoms with E-state index < -0.39 is 0 Å². The van der Waals surface area contributed by atoms with Crippen molar-refractivity contribution < 1.29 is 4.79 Å². The van der Waals surface area contributed by atoms with Crippen molar-refractivity contribution in [1.82, 2.24) is 4.57 Å². The lowest BCUT2D eigenvalue weighted by Crippen LogP contribution is -2.19. The Labute approximate surface area is 122 Å². The zero-order valence-corrected chi connectivity index (χ0v) is 11.8. The summed E-state index contributed by atoms with van der Waals surface area (Å²) in [7, 11) is 1.66. The highest BCUT2D eigenvalue weighted by molar-refractivity contribution is 5.91. The second kappa shape index (κ2) is 5.44. The Hall–Kier alpha value is -2.56. The molecule has 1 unspecified atom stereocenters. The van der Waals surface area contributed by atoms with E-state index in [-0.39, 0.29) is 17.4 Å². The van der Waals surface area contributed by atoms with Gasteiger partial charge in [-0.3, -0.25) is 9.59 Å². The van der Waals surface area contributed by atoms with Crippen LogP contribution in [-0.2, 0) is 11.8 Å². The van der Waals surface area contributed by atoms with Gasteiger partial charge in [-0.1, -0.05) is 18.2 Å². The molecular formula is C16H17N3O2. The predicted molar refractivity (Wildman–Crippen MR) is 82.6 cm³/mol. The molecule has 2 aromatic rings. The van der Waals surface area contributed by atoms with E-state index in [1.165, 1.54) is 16.2 Å². The van der Waals surface area contributed by atoms with Gasteiger partial charge in [-0.2, -0.15) is 0 Å². The number of nitrogens with zero attached hydrogens (tertiary/aromatic N) is 1. The summed E-state index contributed by atoms with van der Waals surface area (Å²) in [5.41, 5.74) is 2.84. The van der Waals surface area contributed by atoms with Crippen molar-refractivity contribution in [3.63, 3.8) is 0 Å². The van der Waals surface area contributed by atoms with Crippen LogP contribution in [0.25, 0.3) is 0 Å². The zero-order chi connectivity index (χ0) is 14.8. The summed E-state index contributed by atoms with van der Waals surface area (Å²) in [6.07, 6.45) is 2.05. The molecule has 0 spiro atoms. The number of anilines is 2. The molecule has 0 bridgehead atoms. The van der Waals surface area contributed by atoms with Crippen LogP contribution in [0.2, 0.25) is 0 Å². The van der Waals surface area contributed by atoms with Gasteiger partial charge in [0.05, 0.1) is 5.69 Å². The Morgan fingerprint density at radius 1 is 1.33 bits per heavy atom. The highest BCUT2D eigenvalue weighted by Crippen LogP contribution is 2.33. The third-order valence-corrected chi connectivity index (χ3v) is 3.74. The maximum Gasteiger partial charge on any atom is 0.250 e. The van der Waals surface area contributed by atoms with Crippen LogP contribution in [0.1, 0.15) is 17.9 Å². The molecule has 0 saturated carbocycles. The van der Waals surface area contributed by atoms with Gasteiger partial charge in [-0.25, -0.2) is 0 Å². The van der Waals surface area contributed by atoms with Crippen LogP contribution in [0, 0.1) is 0 Å². The number of nitrogens with one attached hydrogen (secondary N) is 2. The fourth-order valence-electron chi connectivity index (χ4n) is 2.64. The Bertz CT molecular complexity index is 736. The van der Waals surface area contributed by atoms with Crippen LogP contribution in [0.15, 0.2) is 47.4 Å². The zero-order valence-electron chi connectivity index (χ0n) is 11.8. The number of benzene rings is 1. The van der Waals surface area contributed by atoms with E-state index in [1.807, 2.05) is 18.2 Å². The summed E-state index contributed by atoms with van der Waals surface area (Å²) in [6.45, 7) is 0.778. The molecule has 0 radical (unpaired) electrons. The van der Waals surface area contributed by atoms with Crippen LogP contribution >= 0.6 is 0 Å². The predicted octanol–water partition coefficient (Wildman–Crippen LogP) is 1.92. The van der Waals surface area contributed by atoms with E-state index >= 15 is 0 Å². The molecule has 0 aliphatic carbocycles. The maximum atomic E-state index is 12.1. The molecule has 5 heteroatoms. The number of amides is 1. The van der Waals surface area contributed by atoms with Gasteiger partial charge in [0, 0.05) is 43.9 Å². The molecule has 5 nitrogen and oxygen atoms in total. The average Bonchev–Trinajstić information content (AvgIpc) is 2.86. The van der Waals surface area contributed by atoms with Crippen molar-refractivity contribution in [1.29, 1.82) is 0 Å². The summed E-state index contributed by atoms with van der Waals surface area (Å²) in [5, 5.41) is 6.15. The Morgan fingerprint density at radius 3 is 2.95 bits per heavy atom. The second-order valence-corrected chi connectivity index (χ2v) is 5.28. The number of pyridine rings is 1. The minimum atomic E-state index is -0.0954. The topological polar surface area (TPSA) is 63.1 Å². The van der Waals surface area contributed by atoms with Crippen molar-refractivity contribution in [2.24, 2.45) is 7.05 Å². The molecule has 1 atom stereocenters. The lowest BCUT2D eigenvalue weighted by molar-refractivity contribution is -0.116. The van der Waals surface area contributed by atoms with Gasteiger partial charge in [-0.05, 0) is 17.7 Å². The van der Waals surface area contributed by atoms with E-state index in [0.29, 0.717) is 12.1 Å². The molecule has 3 rings (SSSR count). The molecule has 108 valence electrons. The molecular weight excluding hydrogens is 266 g/mol. The Kier molecular flexibility index (Phi) is 3.48. The second-order valence-electron chi connectivity index (χ2n) is 5.28. The minimum Gasteiger partial charge on any atom is -0.384 e. The van der Waals surface area contributed by atoms with Gasteiger partial charge < -0.3 is 15.2 Å². The van der Waals surface area contributed by atoms with Gasteiger partial charge >= 0.3 is 0 Å². The van der Waals surface area contributed by atoms with E-state index in [2.05, 4.69) is 16.7 Å². The van der Waals surface area contributed by atoms with Crippen LogP contribution in [0.5, 0.6) is 0 Å². The van der Waals surface area contributed by atoms with Crippen molar-refractivity contribution in [2.45, 2.75) is 12.3 Å². The van der Waals surface area contributed by atoms with Crippen molar-refractivity contribution >= 4 is 17.3 Å². The molecule has 0 fully saturated rings. The smallest absolute Gasteiger partial charge is 0.250 e. The largest absolute Gasteiger partial charge is 0.384 e. The number of carbonyl (C=O) groups is 1. The third kappa shape index (κ3) is 2.81. The normalized spacial score (nSPS) is 16.1. The number of carbonyl (C=O) groups excluding carboxylic acids is 1. The lowest BCUT2D eigenvalue weighted by Gasteiger charge is -2.11. The van der Waals surface area contributed by atoms with E-state index in [9.17, 15) is 9.59 Å². The summed E-state index contributed by atoms with van der Waals surface area (Å²) in [5.74, 6) is 0.144. The number of para-hydroxylation sites is 1. The molecule has 21 heavy (non-hydrogen) atoms. The Morgan fingerprint density at radius 2 is 2.14 bits per heavy atom. The quantitative estimate of drug-likeness (QED) is 0.904. The van der Waals surface area contributed by atoms with Gasteiger partial charge in [0.15, 0.2) is 0 Å². The number of aromatic nitrogens is 1. The molecule has 2 N–H and O–H groups in total. The molecule has 1 amide bonds. The third-order valence-electron chi connectivity index (χ3n) is 3.74. The number of fused-ring (bicyclic) bond motifs is 1. The molecule has 1 aromatic heterocycles. The van der Waals surface area contributed by atoms with Gasteiger partial charge in [0.25, 0.3) is 0 Å².